The molecule has 7 rings (SSSR count). The molecule has 2 heterocycles. The average molecular weight is 711 g/mol. The summed E-state index contributed by atoms with van der Waals surface area (Å²) in [6.45, 7) is 2.28. The van der Waals surface area contributed by atoms with E-state index in [-0.39, 0.29) is 49.3 Å². The van der Waals surface area contributed by atoms with Gasteiger partial charge in [0.1, 0.15) is 0 Å². The number of imide groups is 2. The summed E-state index contributed by atoms with van der Waals surface area (Å²) in [6, 6.07) is 20.9. The van der Waals surface area contributed by atoms with Gasteiger partial charge >= 0.3 is 5.97 Å². The number of allylic oxidation sites excluding steroid dienone is 2. The number of hydrogen-bond acceptors (Lipinski definition) is 7. The Kier molecular flexibility index (Phi) is 9.22. The smallest absolute Gasteiger partial charge is 0.303 e. The number of aliphatic carboxylic acids is 1. The first-order chi connectivity index (χ1) is 24.6. The topological polar surface area (TPSA) is 142 Å². The van der Waals surface area contributed by atoms with Gasteiger partial charge in [-0.2, -0.15) is 0 Å². The van der Waals surface area contributed by atoms with Crippen LogP contribution in [0.4, 0.5) is 5.69 Å². The van der Waals surface area contributed by atoms with Crippen molar-refractivity contribution in [2.75, 3.05) is 18.1 Å². The van der Waals surface area contributed by atoms with E-state index in [4.69, 9.17) is 21.4 Å². The quantitative estimate of drug-likeness (QED) is 0.135. The molecule has 2 aliphatic carbocycles. The number of carboxylic acids is 1. The maximum atomic E-state index is 15.3. The number of ether oxygens (including phenoxy) is 1. The molecule has 11 heteroatoms. The normalized spacial score (nSPS) is 26.9. The van der Waals surface area contributed by atoms with Gasteiger partial charge in [0.2, 0.25) is 23.6 Å². The van der Waals surface area contributed by atoms with Crippen LogP contribution in [0.5, 0.6) is 11.5 Å². The molecule has 3 fully saturated rings. The van der Waals surface area contributed by atoms with Gasteiger partial charge in [-0.1, -0.05) is 72.1 Å². The highest BCUT2D eigenvalue weighted by atomic mass is 35.5. The van der Waals surface area contributed by atoms with Crippen LogP contribution < -0.4 is 9.64 Å². The number of carbonyl (C=O) groups is 5. The molecule has 0 radical (unpaired) electrons. The number of aromatic hydroxyl groups is 1. The van der Waals surface area contributed by atoms with Gasteiger partial charge < -0.3 is 14.9 Å². The third kappa shape index (κ3) is 5.60. The standard InChI is InChI=1S/C40H39ClN2O8/c1-2-51-32-20-23(15-18-31(32)44)35-27-16-17-28-34(38(49)42(36(28)47)19-8-4-7-14-33(45)46)29(27)22-30-37(48)43(26-13-9-12-25(41)21-26)39(50)40(30,35)24-10-5-3-6-11-24/h3,5-6,9-13,15-16,18,20-21,28-30,34-35,44H,2,4,7-8,14,17,19,22H2,1H3,(H,45,46)/t28-,29+,30-,34-,35-,40+/m0/s1. The molecule has 0 aromatic heterocycles. The highest BCUT2D eigenvalue weighted by Gasteiger charge is 2.70. The van der Waals surface area contributed by atoms with Gasteiger partial charge in [0.05, 0.1) is 35.5 Å². The zero-order valence-corrected chi connectivity index (χ0v) is 28.9. The number of nitrogens with zero attached hydrogens (tertiary/aromatic N) is 2. The molecule has 264 valence electrons. The van der Waals surface area contributed by atoms with Crippen LogP contribution in [0, 0.1) is 23.7 Å². The fourth-order valence-corrected chi connectivity index (χ4v) is 9.29. The van der Waals surface area contributed by atoms with E-state index in [1.54, 1.807) is 43.3 Å². The Morgan fingerprint density at radius 1 is 0.922 bits per heavy atom. The van der Waals surface area contributed by atoms with Gasteiger partial charge in [0.15, 0.2) is 11.5 Å². The van der Waals surface area contributed by atoms with Gasteiger partial charge in [-0.05, 0) is 80.0 Å². The van der Waals surface area contributed by atoms with E-state index in [0.29, 0.717) is 47.5 Å². The molecule has 10 nitrogen and oxygen atoms in total. The number of anilines is 1. The van der Waals surface area contributed by atoms with Crippen molar-refractivity contribution in [2.24, 2.45) is 23.7 Å². The van der Waals surface area contributed by atoms with Crippen molar-refractivity contribution < 1.29 is 38.9 Å². The number of carbonyl (C=O) groups excluding carboxylic acids is 4. The summed E-state index contributed by atoms with van der Waals surface area (Å²) in [5.41, 5.74) is 1.000. The second-order valence-corrected chi connectivity index (χ2v) is 14.2. The van der Waals surface area contributed by atoms with Gasteiger partial charge in [-0.25, -0.2) is 4.90 Å². The van der Waals surface area contributed by atoms with Crippen molar-refractivity contribution in [1.82, 2.24) is 4.90 Å². The number of carboxylic acid groups (broad SMARTS) is 1. The molecule has 0 spiro atoms. The van der Waals surface area contributed by atoms with E-state index in [0.717, 1.165) is 5.57 Å². The fourth-order valence-electron chi connectivity index (χ4n) is 9.11. The number of phenolic OH excluding ortho intramolecular Hbond substituents is 1. The predicted octanol–water partition coefficient (Wildman–Crippen LogP) is 6.25. The van der Waals surface area contributed by atoms with Crippen molar-refractivity contribution >= 4 is 46.9 Å². The molecule has 3 aromatic rings. The number of halogens is 1. The molecule has 0 unspecified atom stereocenters. The minimum Gasteiger partial charge on any atom is -0.504 e. The van der Waals surface area contributed by atoms with Crippen molar-refractivity contribution in [3.63, 3.8) is 0 Å². The molecular formula is C40H39ClN2O8. The van der Waals surface area contributed by atoms with Crippen LogP contribution in [-0.4, -0.2) is 57.9 Å². The predicted molar refractivity (Wildman–Crippen MR) is 188 cm³/mol. The van der Waals surface area contributed by atoms with E-state index in [2.05, 4.69) is 0 Å². The van der Waals surface area contributed by atoms with Crippen LogP contribution in [0.25, 0.3) is 0 Å². The minimum atomic E-state index is -1.44. The van der Waals surface area contributed by atoms with E-state index < -0.39 is 52.8 Å². The summed E-state index contributed by atoms with van der Waals surface area (Å²) in [5, 5.41) is 20.1. The first-order valence-electron chi connectivity index (χ1n) is 17.5. The molecule has 3 aromatic carbocycles. The molecular weight excluding hydrogens is 672 g/mol. The van der Waals surface area contributed by atoms with Crippen LogP contribution in [-0.2, 0) is 29.4 Å². The van der Waals surface area contributed by atoms with Crippen molar-refractivity contribution in [3.05, 3.63) is 101 Å². The number of likely N-dealkylation sites (tertiary alicyclic amines) is 1. The highest BCUT2D eigenvalue weighted by Crippen LogP contribution is 2.64. The first kappa shape index (κ1) is 34.5. The third-order valence-corrected chi connectivity index (χ3v) is 11.4. The Balaban J connectivity index is 1.38. The molecule has 51 heavy (non-hydrogen) atoms. The molecule has 1 saturated carbocycles. The monoisotopic (exact) mass is 710 g/mol. The first-order valence-corrected chi connectivity index (χ1v) is 17.9. The Morgan fingerprint density at radius 2 is 1.71 bits per heavy atom. The second-order valence-electron chi connectivity index (χ2n) is 13.8. The van der Waals surface area contributed by atoms with E-state index in [1.807, 2.05) is 36.4 Å². The SMILES string of the molecule is CCOc1cc([C@H]2C3=CC[C@@H]4C(=O)N(CCCCCC(=O)O)C(=O)[C@@H]4[C@@H]3C[C@H]3C(=O)N(c4cccc(Cl)c4)C(=O)[C@@]23c2ccccc2)ccc1O. The Bertz CT molecular complexity index is 1950. The van der Waals surface area contributed by atoms with Crippen molar-refractivity contribution in [3.8, 4) is 11.5 Å². The largest absolute Gasteiger partial charge is 0.504 e. The highest BCUT2D eigenvalue weighted by molar-refractivity contribution is 6.32. The molecule has 2 N–H and O–H groups in total. The summed E-state index contributed by atoms with van der Waals surface area (Å²) in [7, 11) is 0. The van der Waals surface area contributed by atoms with Crippen molar-refractivity contribution in [1.29, 1.82) is 0 Å². The number of phenols is 1. The van der Waals surface area contributed by atoms with E-state index in [1.165, 1.54) is 15.9 Å². The maximum absolute atomic E-state index is 15.3. The average Bonchev–Trinajstić information content (AvgIpc) is 3.50. The minimum absolute atomic E-state index is 0.0235. The van der Waals surface area contributed by atoms with Gasteiger partial charge in [-0.3, -0.25) is 28.9 Å². The van der Waals surface area contributed by atoms with Crippen LogP contribution in [0.3, 0.4) is 0 Å². The molecule has 2 saturated heterocycles. The lowest BCUT2D eigenvalue weighted by Gasteiger charge is -2.50. The summed E-state index contributed by atoms with van der Waals surface area (Å²) in [5.74, 6) is -5.62. The Labute approximate surface area is 300 Å². The number of rotatable bonds is 11. The Hall–Kier alpha value is -4.96. The second kappa shape index (κ2) is 13.6. The summed E-state index contributed by atoms with van der Waals surface area (Å²) in [6.07, 6.45) is 3.98. The van der Waals surface area contributed by atoms with Gasteiger partial charge in [0.25, 0.3) is 0 Å². The lowest BCUT2D eigenvalue weighted by molar-refractivity contribution is -0.141. The molecule has 4 amide bonds. The number of amides is 4. The van der Waals surface area contributed by atoms with Crippen LogP contribution >= 0.6 is 11.6 Å². The molecule has 4 aliphatic rings. The molecule has 2 aliphatic heterocycles. The summed E-state index contributed by atoms with van der Waals surface area (Å²) < 4.78 is 5.80. The van der Waals surface area contributed by atoms with Crippen LogP contribution in [0.1, 0.15) is 62.5 Å². The van der Waals surface area contributed by atoms with E-state index in [9.17, 15) is 24.3 Å². The molecule has 6 atom stereocenters. The summed E-state index contributed by atoms with van der Waals surface area (Å²) in [4.78, 5) is 71.7. The van der Waals surface area contributed by atoms with E-state index >= 15 is 4.79 Å². The number of unbranched alkanes of at least 4 members (excludes halogenated alkanes) is 2. The zero-order valence-electron chi connectivity index (χ0n) is 28.2. The fraction of sp³-hybridized carbons (Fsp3) is 0.375. The zero-order chi connectivity index (χ0) is 36.0. The molecule has 0 bridgehead atoms. The lowest BCUT2D eigenvalue weighted by Crippen LogP contribution is -2.53. The maximum Gasteiger partial charge on any atom is 0.303 e. The number of hydrogen-bond donors (Lipinski definition) is 2. The number of benzene rings is 3. The lowest BCUT2D eigenvalue weighted by atomic mass is 9.49. The van der Waals surface area contributed by atoms with Crippen LogP contribution in [0.2, 0.25) is 5.02 Å². The van der Waals surface area contributed by atoms with Crippen molar-refractivity contribution in [2.45, 2.75) is 56.8 Å². The Morgan fingerprint density at radius 3 is 2.43 bits per heavy atom. The summed E-state index contributed by atoms with van der Waals surface area (Å²) >= 11 is 6.38. The van der Waals surface area contributed by atoms with Gasteiger partial charge in [-0.15, -0.1) is 0 Å². The third-order valence-electron chi connectivity index (χ3n) is 11.1. The number of fused-ring (bicyclic) bond motifs is 4. The van der Waals surface area contributed by atoms with Gasteiger partial charge in [0, 0.05) is 23.9 Å². The van der Waals surface area contributed by atoms with Crippen LogP contribution in [0.15, 0.2) is 84.4 Å².